The number of benzene rings is 3. The van der Waals surface area contributed by atoms with Crippen molar-refractivity contribution in [1.82, 2.24) is 9.13 Å². The zero-order valence-electron chi connectivity index (χ0n) is 17.8. The van der Waals surface area contributed by atoms with E-state index < -0.39 is 0 Å². The Balaban J connectivity index is 1.88. The minimum absolute atomic E-state index is 0.106. The molecule has 0 saturated heterocycles. The lowest BCUT2D eigenvalue weighted by Crippen LogP contribution is -2.26. The van der Waals surface area contributed by atoms with Crippen LogP contribution < -0.4 is 5.69 Å². The van der Waals surface area contributed by atoms with Crippen LogP contribution in [-0.2, 0) is 19.5 Å². The fourth-order valence-electron chi connectivity index (χ4n) is 4.07. The Labute approximate surface area is 187 Å². The highest BCUT2D eigenvalue weighted by Crippen LogP contribution is 2.25. The fraction of sp³-hybridized carbons (Fsp3) is 0.148. The Morgan fingerprint density at radius 1 is 0.750 bits per heavy atom. The van der Waals surface area contributed by atoms with Crippen molar-refractivity contribution in [1.29, 1.82) is 10.5 Å². The molecule has 156 valence electrons. The third kappa shape index (κ3) is 4.10. The number of rotatable bonds is 6. The van der Waals surface area contributed by atoms with Gasteiger partial charge >= 0.3 is 5.69 Å². The largest absolute Gasteiger partial charge is 0.329 e. The molecule has 0 spiro atoms. The SMILES string of the molecule is CCc1c(-c2ccccc2)n(Cc2cccc(C#N)c2)c(=O)n1Cc1cccc(C#N)c1. The predicted octanol–water partition coefficient (Wildman–Crippen LogP) is 4.72. The lowest BCUT2D eigenvalue weighted by molar-refractivity contribution is 0.671. The normalized spacial score (nSPS) is 10.5. The summed E-state index contributed by atoms with van der Waals surface area (Å²) in [6.07, 6.45) is 0.683. The molecular formula is C27H22N4O. The summed E-state index contributed by atoms with van der Waals surface area (Å²) in [5, 5.41) is 18.5. The summed E-state index contributed by atoms with van der Waals surface area (Å²) in [5.41, 5.74) is 5.65. The first-order chi connectivity index (χ1) is 15.6. The van der Waals surface area contributed by atoms with Crippen molar-refractivity contribution in [3.05, 3.63) is 117 Å². The van der Waals surface area contributed by atoms with E-state index in [0.29, 0.717) is 30.6 Å². The molecular weight excluding hydrogens is 396 g/mol. The molecule has 5 nitrogen and oxygen atoms in total. The summed E-state index contributed by atoms with van der Waals surface area (Å²) >= 11 is 0. The Kier molecular flexibility index (Phi) is 6.01. The highest BCUT2D eigenvalue weighted by molar-refractivity contribution is 5.63. The number of hydrogen-bond donors (Lipinski definition) is 0. The Bertz CT molecular complexity index is 1400. The Morgan fingerprint density at radius 2 is 1.31 bits per heavy atom. The van der Waals surface area contributed by atoms with E-state index in [9.17, 15) is 15.3 Å². The molecule has 0 fully saturated rings. The molecule has 0 bridgehead atoms. The van der Waals surface area contributed by atoms with Crippen molar-refractivity contribution in [2.75, 3.05) is 0 Å². The molecule has 0 N–H and O–H groups in total. The summed E-state index contributed by atoms with van der Waals surface area (Å²) in [6, 6.07) is 28.9. The molecule has 0 aliphatic heterocycles. The van der Waals surface area contributed by atoms with E-state index in [4.69, 9.17) is 0 Å². The number of imidazole rings is 1. The van der Waals surface area contributed by atoms with Crippen molar-refractivity contribution >= 4 is 0 Å². The van der Waals surface area contributed by atoms with E-state index in [-0.39, 0.29) is 5.69 Å². The second-order valence-corrected chi connectivity index (χ2v) is 7.59. The van der Waals surface area contributed by atoms with Gasteiger partial charge < -0.3 is 0 Å². The molecule has 0 amide bonds. The van der Waals surface area contributed by atoms with Gasteiger partial charge in [-0.2, -0.15) is 10.5 Å². The van der Waals surface area contributed by atoms with Gasteiger partial charge in [-0.05, 0) is 41.8 Å². The molecule has 0 unspecified atom stereocenters. The van der Waals surface area contributed by atoms with E-state index in [2.05, 4.69) is 12.1 Å². The van der Waals surface area contributed by atoms with Gasteiger partial charge in [0.05, 0.1) is 42.0 Å². The smallest absolute Gasteiger partial charge is 0.291 e. The highest BCUT2D eigenvalue weighted by atomic mass is 16.1. The zero-order valence-corrected chi connectivity index (χ0v) is 17.8. The summed E-state index contributed by atoms with van der Waals surface area (Å²) in [4.78, 5) is 13.7. The number of nitrogens with zero attached hydrogens (tertiary/aromatic N) is 4. The molecule has 3 aromatic carbocycles. The Hall–Kier alpha value is -4.35. The molecule has 0 radical (unpaired) electrons. The minimum Gasteiger partial charge on any atom is -0.291 e. The van der Waals surface area contributed by atoms with Gasteiger partial charge in [-0.1, -0.05) is 61.5 Å². The molecule has 1 heterocycles. The van der Waals surface area contributed by atoms with Gasteiger partial charge in [0.15, 0.2) is 0 Å². The van der Waals surface area contributed by atoms with Crippen molar-refractivity contribution in [3.63, 3.8) is 0 Å². The highest BCUT2D eigenvalue weighted by Gasteiger charge is 2.20. The van der Waals surface area contributed by atoms with Gasteiger partial charge in [0.2, 0.25) is 0 Å². The number of nitriles is 2. The lowest BCUT2D eigenvalue weighted by Gasteiger charge is -2.10. The second-order valence-electron chi connectivity index (χ2n) is 7.59. The minimum atomic E-state index is -0.106. The first kappa shape index (κ1) is 20.9. The average Bonchev–Trinajstić information content (AvgIpc) is 3.10. The molecule has 1 aromatic heterocycles. The van der Waals surface area contributed by atoms with Crippen molar-refractivity contribution in [2.45, 2.75) is 26.4 Å². The average molecular weight is 419 g/mol. The van der Waals surface area contributed by atoms with Gasteiger partial charge in [0.25, 0.3) is 0 Å². The van der Waals surface area contributed by atoms with E-state index in [1.54, 1.807) is 21.3 Å². The van der Waals surface area contributed by atoms with E-state index in [1.165, 1.54) is 0 Å². The van der Waals surface area contributed by atoms with Gasteiger partial charge in [0.1, 0.15) is 0 Å². The van der Waals surface area contributed by atoms with E-state index in [1.807, 2.05) is 73.7 Å². The molecule has 0 atom stereocenters. The maximum absolute atomic E-state index is 13.7. The van der Waals surface area contributed by atoms with E-state index >= 15 is 0 Å². The molecule has 32 heavy (non-hydrogen) atoms. The molecule has 4 aromatic rings. The quantitative estimate of drug-likeness (QED) is 0.455. The van der Waals surface area contributed by atoms with Crippen LogP contribution in [-0.4, -0.2) is 9.13 Å². The van der Waals surface area contributed by atoms with Gasteiger partial charge in [0, 0.05) is 11.3 Å². The molecule has 0 saturated carbocycles. The van der Waals surface area contributed by atoms with Crippen molar-refractivity contribution in [3.8, 4) is 23.4 Å². The summed E-state index contributed by atoms with van der Waals surface area (Å²) in [7, 11) is 0. The number of hydrogen-bond acceptors (Lipinski definition) is 3. The van der Waals surface area contributed by atoms with Crippen molar-refractivity contribution < 1.29 is 0 Å². The van der Waals surface area contributed by atoms with Crippen LogP contribution in [0.1, 0.15) is 34.9 Å². The maximum atomic E-state index is 13.7. The Morgan fingerprint density at radius 3 is 1.84 bits per heavy atom. The van der Waals surface area contributed by atoms with Crippen LogP contribution in [0.15, 0.2) is 83.7 Å². The van der Waals surface area contributed by atoms with Crippen LogP contribution in [0.4, 0.5) is 0 Å². The summed E-state index contributed by atoms with van der Waals surface area (Å²) < 4.78 is 3.59. The van der Waals surface area contributed by atoms with Gasteiger partial charge in [-0.25, -0.2) is 4.79 Å². The zero-order chi connectivity index (χ0) is 22.5. The van der Waals surface area contributed by atoms with Crippen LogP contribution in [0.3, 0.4) is 0 Å². The topological polar surface area (TPSA) is 74.5 Å². The van der Waals surface area contributed by atoms with Crippen LogP contribution in [0.5, 0.6) is 0 Å². The molecule has 4 rings (SSSR count). The molecule has 5 heteroatoms. The standard InChI is InChI=1S/C27H22N4O/c1-2-25-26(24-12-4-3-5-13-24)31(19-23-11-7-9-21(15-23)17-29)27(32)30(25)18-22-10-6-8-20(14-22)16-28/h3-15H,2,18-19H2,1H3. The van der Waals surface area contributed by atoms with Crippen LogP contribution in [0, 0.1) is 22.7 Å². The van der Waals surface area contributed by atoms with Gasteiger partial charge in [-0.15, -0.1) is 0 Å². The molecule has 0 aliphatic carbocycles. The fourth-order valence-corrected chi connectivity index (χ4v) is 4.07. The number of aromatic nitrogens is 2. The summed E-state index contributed by atoms with van der Waals surface area (Å²) in [5.74, 6) is 0. The molecule has 0 aliphatic rings. The third-order valence-electron chi connectivity index (χ3n) is 5.51. The van der Waals surface area contributed by atoms with Gasteiger partial charge in [-0.3, -0.25) is 9.13 Å². The van der Waals surface area contributed by atoms with E-state index in [0.717, 1.165) is 28.1 Å². The lowest BCUT2D eigenvalue weighted by atomic mass is 10.1. The summed E-state index contributed by atoms with van der Waals surface area (Å²) in [6.45, 7) is 2.81. The predicted molar refractivity (Wildman–Crippen MR) is 124 cm³/mol. The van der Waals surface area contributed by atoms with Crippen LogP contribution >= 0.6 is 0 Å². The van der Waals surface area contributed by atoms with Crippen LogP contribution in [0.25, 0.3) is 11.3 Å². The van der Waals surface area contributed by atoms with Crippen molar-refractivity contribution in [2.24, 2.45) is 0 Å². The first-order valence-electron chi connectivity index (χ1n) is 10.5. The monoisotopic (exact) mass is 418 g/mol. The second kappa shape index (κ2) is 9.20. The van der Waals surface area contributed by atoms with Crippen LogP contribution in [0.2, 0.25) is 0 Å². The third-order valence-corrected chi connectivity index (χ3v) is 5.51. The maximum Gasteiger partial charge on any atom is 0.329 e. The first-order valence-corrected chi connectivity index (χ1v) is 10.5.